The summed E-state index contributed by atoms with van der Waals surface area (Å²) in [6, 6.07) is -0.721. The molecule has 2 heterocycles. The number of rotatable bonds is 16. The number of carbonyl (C=O) groups is 2. The maximum absolute atomic E-state index is 12.6. The van der Waals surface area contributed by atoms with Gasteiger partial charge in [-0.05, 0) is 12.8 Å². The zero-order valence-electron chi connectivity index (χ0n) is 20.0. The van der Waals surface area contributed by atoms with E-state index in [1.165, 1.54) is 77.0 Å². The number of carbonyl (C=O) groups excluding carboxylic acids is 2. The quantitative estimate of drug-likeness (QED) is 0.302. The lowest BCUT2D eigenvalue weighted by atomic mass is 10.1. The van der Waals surface area contributed by atoms with Crippen LogP contribution >= 0.6 is 11.8 Å². The molecule has 178 valence electrons. The van der Waals surface area contributed by atoms with Gasteiger partial charge < -0.3 is 9.80 Å². The Morgan fingerprint density at radius 2 is 1.39 bits per heavy atom. The van der Waals surface area contributed by atoms with Crippen molar-refractivity contribution in [3.8, 4) is 0 Å². The van der Waals surface area contributed by atoms with Crippen molar-refractivity contribution in [2.75, 3.05) is 19.3 Å². The highest BCUT2D eigenvalue weighted by atomic mass is 32.2. The Bertz CT molecular complexity index is 584. The molecule has 6 nitrogen and oxygen atoms in total. The second-order valence-corrected chi connectivity index (χ2v) is 10.0. The molecule has 0 aromatic carbocycles. The van der Waals surface area contributed by atoms with Gasteiger partial charge in [0.25, 0.3) is 5.91 Å². The minimum absolute atomic E-state index is 0.207. The minimum atomic E-state index is -0.386. The van der Waals surface area contributed by atoms with Crippen molar-refractivity contribution in [2.45, 2.75) is 116 Å². The van der Waals surface area contributed by atoms with E-state index < -0.39 is 0 Å². The summed E-state index contributed by atoms with van der Waals surface area (Å²) >= 11 is 1.76. The summed E-state index contributed by atoms with van der Waals surface area (Å²) in [6.45, 7) is 5.30. The van der Waals surface area contributed by atoms with Gasteiger partial charge in [-0.3, -0.25) is 10.1 Å². The van der Waals surface area contributed by atoms with Crippen molar-refractivity contribution in [3.05, 3.63) is 0 Å². The van der Waals surface area contributed by atoms with E-state index in [9.17, 15) is 9.59 Å². The van der Waals surface area contributed by atoms with Gasteiger partial charge in [-0.25, -0.2) is 9.79 Å². The summed E-state index contributed by atoms with van der Waals surface area (Å²) in [5.41, 5.74) is 0. The average Bonchev–Trinajstić information content (AvgIpc) is 3.12. The molecule has 0 aromatic heterocycles. The Morgan fingerprint density at radius 1 is 0.839 bits per heavy atom. The topological polar surface area (TPSA) is 65.0 Å². The SMILES string of the molecule is CCCCCCCCCCCCSC1=NC2C(C(=O)NC(=O)N2C)N1CCCCCC. The standard InChI is InChI=1S/C24H44N4O2S/c1-4-6-8-10-11-12-13-14-15-17-19-31-24-25-21-20(22(29)26-23(30)27(21)3)28(24)18-16-9-7-5-2/h20-21H,4-19H2,1-3H3,(H,26,29,30). The fourth-order valence-electron chi connectivity index (χ4n) is 4.32. The second kappa shape index (κ2) is 14.8. The van der Waals surface area contributed by atoms with Crippen LogP contribution in [-0.2, 0) is 4.79 Å². The third-order valence-electron chi connectivity index (χ3n) is 6.30. The highest BCUT2D eigenvalue weighted by molar-refractivity contribution is 8.13. The van der Waals surface area contributed by atoms with Crippen molar-refractivity contribution in [2.24, 2.45) is 4.99 Å². The number of imide groups is 1. The van der Waals surface area contributed by atoms with Crippen LogP contribution in [0.5, 0.6) is 0 Å². The van der Waals surface area contributed by atoms with E-state index in [0.29, 0.717) is 0 Å². The Hall–Kier alpha value is -1.24. The summed E-state index contributed by atoms with van der Waals surface area (Å²) in [5.74, 6) is 0.821. The molecule has 0 aromatic rings. The Morgan fingerprint density at radius 3 is 2.00 bits per heavy atom. The molecule has 0 saturated carbocycles. The van der Waals surface area contributed by atoms with Crippen LogP contribution in [0.2, 0.25) is 0 Å². The Kier molecular flexibility index (Phi) is 12.4. The van der Waals surface area contributed by atoms with Crippen LogP contribution in [-0.4, -0.2) is 58.5 Å². The number of likely N-dealkylation sites (N-methyl/N-ethyl adjacent to an activating group) is 1. The van der Waals surface area contributed by atoms with Crippen molar-refractivity contribution < 1.29 is 9.59 Å². The lowest BCUT2D eigenvalue weighted by Gasteiger charge is -2.36. The van der Waals surface area contributed by atoms with Gasteiger partial charge in [-0.15, -0.1) is 0 Å². The molecule has 2 atom stereocenters. The van der Waals surface area contributed by atoms with E-state index in [-0.39, 0.29) is 24.1 Å². The lowest BCUT2D eigenvalue weighted by Crippen LogP contribution is -2.63. The molecule has 2 aliphatic rings. The van der Waals surface area contributed by atoms with Crippen molar-refractivity contribution >= 4 is 28.9 Å². The highest BCUT2D eigenvalue weighted by Gasteiger charge is 2.48. The molecule has 0 aliphatic carbocycles. The fraction of sp³-hybridized carbons (Fsp3) is 0.875. The molecule has 0 radical (unpaired) electrons. The minimum Gasteiger partial charge on any atom is -0.336 e. The predicted octanol–water partition coefficient (Wildman–Crippen LogP) is 5.77. The maximum Gasteiger partial charge on any atom is 0.325 e. The lowest BCUT2D eigenvalue weighted by molar-refractivity contribution is -0.127. The predicted molar refractivity (Wildman–Crippen MR) is 131 cm³/mol. The molecule has 1 saturated heterocycles. The van der Waals surface area contributed by atoms with Crippen LogP contribution in [0.4, 0.5) is 4.79 Å². The summed E-state index contributed by atoms with van der Waals surface area (Å²) in [6.07, 6.45) is 17.6. The van der Waals surface area contributed by atoms with Crippen molar-refractivity contribution in [1.82, 2.24) is 15.1 Å². The molecule has 31 heavy (non-hydrogen) atoms. The largest absolute Gasteiger partial charge is 0.336 e. The third-order valence-corrected chi connectivity index (χ3v) is 7.40. The van der Waals surface area contributed by atoms with Crippen LogP contribution < -0.4 is 5.32 Å². The van der Waals surface area contributed by atoms with Gasteiger partial charge in [0, 0.05) is 19.3 Å². The molecule has 2 unspecified atom stereocenters. The number of hydrogen-bond acceptors (Lipinski definition) is 5. The number of thioether (sulfide) groups is 1. The van der Waals surface area contributed by atoms with Crippen LogP contribution in [0.25, 0.3) is 0 Å². The molecule has 1 fully saturated rings. The van der Waals surface area contributed by atoms with Crippen molar-refractivity contribution in [3.63, 3.8) is 0 Å². The van der Waals surface area contributed by atoms with E-state index in [2.05, 4.69) is 24.1 Å². The van der Waals surface area contributed by atoms with Crippen LogP contribution in [0.1, 0.15) is 104 Å². The first-order valence-corrected chi connectivity index (χ1v) is 13.6. The number of urea groups is 1. The summed E-state index contributed by atoms with van der Waals surface area (Å²) in [7, 11) is 1.73. The number of nitrogens with one attached hydrogen (secondary N) is 1. The summed E-state index contributed by atoms with van der Waals surface area (Å²) < 4.78 is 0. The van der Waals surface area contributed by atoms with Gasteiger partial charge in [-0.1, -0.05) is 103 Å². The molecule has 0 spiro atoms. The van der Waals surface area contributed by atoms with Crippen molar-refractivity contribution in [1.29, 1.82) is 0 Å². The Labute approximate surface area is 194 Å². The van der Waals surface area contributed by atoms with Crippen LogP contribution in [0.3, 0.4) is 0 Å². The van der Waals surface area contributed by atoms with E-state index in [0.717, 1.165) is 30.3 Å². The molecule has 7 heteroatoms. The summed E-state index contributed by atoms with van der Waals surface area (Å²) in [5, 5.41) is 3.43. The zero-order chi connectivity index (χ0) is 22.5. The second-order valence-electron chi connectivity index (χ2n) is 8.96. The normalized spacial score (nSPS) is 20.8. The summed E-state index contributed by atoms with van der Waals surface area (Å²) in [4.78, 5) is 33.1. The number of aliphatic imine (C=N–C) groups is 1. The number of fused-ring (bicyclic) bond motifs is 1. The monoisotopic (exact) mass is 452 g/mol. The maximum atomic E-state index is 12.6. The number of unbranched alkanes of at least 4 members (excludes halogenated alkanes) is 12. The van der Waals surface area contributed by atoms with Gasteiger partial charge in [0.1, 0.15) is 0 Å². The van der Waals surface area contributed by atoms with Crippen LogP contribution in [0.15, 0.2) is 4.99 Å². The van der Waals surface area contributed by atoms with Gasteiger partial charge in [0.2, 0.25) is 0 Å². The highest BCUT2D eigenvalue weighted by Crippen LogP contribution is 2.29. The molecule has 2 aliphatic heterocycles. The van der Waals surface area contributed by atoms with Gasteiger partial charge in [0.15, 0.2) is 17.4 Å². The van der Waals surface area contributed by atoms with E-state index in [4.69, 9.17) is 4.99 Å². The zero-order valence-corrected chi connectivity index (χ0v) is 20.9. The number of amidine groups is 1. The third kappa shape index (κ3) is 8.32. The molecule has 0 bridgehead atoms. The van der Waals surface area contributed by atoms with Gasteiger partial charge in [0.05, 0.1) is 0 Å². The van der Waals surface area contributed by atoms with E-state index in [1.807, 2.05) is 0 Å². The fourth-order valence-corrected chi connectivity index (χ4v) is 5.40. The molecular weight excluding hydrogens is 408 g/mol. The first-order chi connectivity index (χ1) is 15.1. The smallest absolute Gasteiger partial charge is 0.325 e. The molecule has 1 N–H and O–H groups in total. The first kappa shape index (κ1) is 26.0. The van der Waals surface area contributed by atoms with Crippen LogP contribution in [0, 0.1) is 0 Å². The van der Waals surface area contributed by atoms with Gasteiger partial charge in [-0.2, -0.15) is 0 Å². The van der Waals surface area contributed by atoms with E-state index in [1.54, 1.807) is 23.7 Å². The number of hydrogen-bond donors (Lipinski definition) is 1. The first-order valence-electron chi connectivity index (χ1n) is 12.6. The van der Waals surface area contributed by atoms with E-state index >= 15 is 0 Å². The molecule has 2 rings (SSSR count). The molecular formula is C24H44N4O2S. The van der Waals surface area contributed by atoms with Gasteiger partial charge >= 0.3 is 6.03 Å². The Balaban J connectivity index is 1.74. The number of nitrogens with zero attached hydrogens (tertiary/aromatic N) is 3. The number of amides is 3. The molecule has 3 amide bonds. The average molecular weight is 453 g/mol.